The summed E-state index contributed by atoms with van der Waals surface area (Å²) in [6, 6.07) is 10.4. The van der Waals surface area contributed by atoms with Gasteiger partial charge in [-0.3, -0.25) is 14.4 Å². The van der Waals surface area contributed by atoms with Crippen molar-refractivity contribution in [3.05, 3.63) is 85.1 Å². The van der Waals surface area contributed by atoms with Crippen LogP contribution in [0.3, 0.4) is 0 Å². The summed E-state index contributed by atoms with van der Waals surface area (Å²) in [5, 5.41) is 0.607. The zero-order valence-corrected chi connectivity index (χ0v) is 18.9. The predicted octanol–water partition coefficient (Wildman–Crippen LogP) is 3.72. The smallest absolute Gasteiger partial charge is 0.263 e. The van der Waals surface area contributed by atoms with E-state index in [0.717, 1.165) is 30.5 Å². The Kier molecular flexibility index (Phi) is 6.28. The summed E-state index contributed by atoms with van der Waals surface area (Å²) in [4.78, 5) is 48.0. The highest BCUT2D eigenvalue weighted by atomic mass is 35.5. The second-order valence-electron chi connectivity index (χ2n) is 8.15. The van der Waals surface area contributed by atoms with Gasteiger partial charge in [-0.15, -0.1) is 0 Å². The van der Waals surface area contributed by atoms with Crippen LogP contribution in [0, 0.1) is 0 Å². The molecule has 7 nitrogen and oxygen atoms in total. The van der Waals surface area contributed by atoms with Crippen LogP contribution in [0.4, 0.5) is 0 Å². The molecule has 1 atom stereocenters. The van der Waals surface area contributed by atoms with Gasteiger partial charge in [0, 0.05) is 36.3 Å². The predicted molar refractivity (Wildman–Crippen MR) is 124 cm³/mol. The lowest BCUT2D eigenvalue weighted by Crippen LogP contribution is -2.43. The van der Waals surface area contributed by atoms with E-state index in [2.05, 4.69) is 11.9 Å². The van der Waals surface area contributed by atoms with Gasteiger partial charge in [0.1, 0.15) is 11.4 Å². The van der Waals surface area contributed by atoms with Crippen LogP contribution in [0.1, 0.15) is 53.7 Å². The van der Waals surface area contributed by atoms with Crippen molar-refractivity contribution in [2.45, 2.75) is 38.6 Å². The third-order valence-corrected chi connectivity index (χ3v) is 6.14. The van der Waals surface area contributed by atoms with Crippen LogP contribution in [0.5, 0.6) is 0 Å². The molecule has 0 saturated heterocycles. The van der Waals surface area contributed by atoms with Crippen molar-refractivity contribution in [1.82, 2.24) is 19.4 Å². The summed E-state index contributed by atoms with van der Waals surface area (Å²) < 4.78 is 1.38. The molecule has 0 bridgehead atoms. The Hall–Kier alpha value is -3.19. The van der Waals surface area contributed by atoms with Gasteiger partial charge >= 0.3 is 0 Å². The molecule has 1 aromatic carbocycles. The number of carbonyl (C=O) groups is 1. The Bertz CT molecular complexity index is 1260. The molecule has 0 aliphatic carbocycles. The van der Waals surface area contributed by atoms with Crippen LogP contribution in [0.25, 0.3) is 11.4 Å². The van der Waals surface area contributed by atoms with Crippen LogP contribution in [-0.2, 0) is 13.6 Å². The third kappa shape index (κ3) is 4.25. The molecular formula is C24H25ClN4O3. The zero-order chi connectivity index (χ0) is 22.8. The number of pyridine rings is 1. The van der Waals surface area contributed by atoms with Gasteiger partial charge in [0.2, 0.25) is 0 Å². The number of fused-ring (bicyclic) bond motifs is 1. The fourth-order valence-corrected chi connectivity index (χ4v) is 4.25. The highest BCUT2D eigenvalue weighted by Crippen LogP contribution is 2.31. The maximum absolute atomic E-state index is 13.2. The number of aryl methyl sites for hydroxylation is 1. The van der Waals surface area contributed by atoms with E-state index in [0.29, 0.717) is 23.0 Å². The Balaban J connectivity index is 1.74. The van der Waals surface area contributed by atoms with Gasteiger partial charge in [-0.25, -0.2) is 4.98 Å². The number of amides is 1. The molecule has 4 rings (SSSR count). The molecule has 2 aromatic heterocycles. The molecule has 1 N–H and O–H groups in total. The molecule has 0 saturated carbocycles. The maximum atomic E-state index is 13.2. The van der Waals surface area contributed by atoms with Crippen LogP contribution in [-0.4, -0.2) is 31.9 Å². The minimum Gasteiger partial charge on any atom is -0.333 e. The van der Waals surface area contributed by atoms with E-state index in [4.69, 9.17) is 16.6 Å². The van der Waals surface area contributed by atoms with Gasteiger partial charge in [-0.1, -0.05) is 31.4 Å². The quantitative estimate of drug-likeness (QED) is 0.639. The maximum Gasteiger partial charge on any atom is 0.263 e. The van der Waals surface area contributed by atoms with E-state index >= 15 is 0 Å². The van der Waals surface area contributed by atoms with E-state index in [1.54, 1.807) is 36.3 Å². The van der Waals surface area contributed by atoms with Crippen LogP contribution < -0.4 is 11.1 Å². The fraction of sp³-hybridized carbons (Fsp3) is 0.333. The molecule has 32 heavy (non-hydrogen) atoms. The summed E-state index contributed by atoms with van der Waals surface area (Å²) in [6.45, 7) is 2.64. The van der Waals surface area contributed by atoms with Crippen LogP contribution >= 0.6 is 11.6 Å². The first kappa shape index (κ1) is 22.0. The van der Waals surface area contributed by atoms with Crippen molar-refractivity contribution in [2.75, 3.05) is 6.54 Å². The first-order chi connectivity index (χ1) is 15.4. The number of aromatic nitrogens is 3. The Morgan fingerprint density at radius 1 is 1.22 bits per heavy atom. The average molecular weight is 453 g/mol. The standard InChI is InChI=1S/C24H25ClN4O3/c1-3-4-6-16-13-29(24(32)18-7-5-12-28(2)23(18)31)14-19-20(16)26-21(27-22(19)30)15-8-10-17(25)11-9-15/h5,7-12,16H,3-4,6,13-14H2,1-2H3,(H,26,27,30). The number of H-pyrrole nitrogens is 1. The van der Waals surface area contributed by atoms with Crippen molar-refractivity contribution in [1.29, 1.82) is 0 Å². The molecule has 1 amide bonds. The molecule has 8 heteroatoms. The molecule has 166 valence electrons. The van der Waals surface area contributed by atoms with E-state index in [1.807, 2.05) is 12.1 Å². The SMILES string of the molecule is CCCCC1CN(C(=O)c2cccn(C)c2=O)Cc2c1nc(-c1ccc(Cl)cc1)[nH]c2=O. The summed E-state index contributed by atoms with van der Waals surface area (Å²) in [6.07, 6.45) is 4.36. The van der Waals surface area contributed by atoms with Crippen LogP contribution in [0.15, 0.2) is 52.2 Å². The number of unbranched alkanes of at least 4 members (excludes halogenated alkanes) is 1. The number of hydrogen-bond acceptors (Lipinski definition) is 4. The lowest BCUT2D eigenvalue weighted by atomic mass is 9.90. The second-order valence-corrected chi connectivity index (χ2v) is 8.58. The number of benzene rings is 1. The fourth-order valence-electron chi connectivity index (χ4n) is 4.12. The number of carbonyl (C=O) groups excluding carboxylic acids is 1. The van der Waals surface area contributed by atoms with Gasteiger partial charge in [0.25, 0.3) is 17.0 Å². The lowest BCUT2D eigenvalue weighted by molar-refractivity contribution is 0.0709. The molecule has 1 unspecified atom stereocenters. The Labute approximate surface area is 190 Å². The average Bonchev–Trinajstić information content (AvgIpc) is 2.79. The highest BCUT2D eigenvalue weighted by Gasteiger charge is 2.32. The van der Waals surface area contributed by atoms with Gasteiger partial charge < -0.3 is 14.5 Å². The first-order valence-corrected chi connectivity index (χ1v) is 11.1. The molecular weight excluding hydrogens is 428 g/mol. The normalized spacial score (nSPS) is 15.5. The Morgan fingerprint density at radius 3 is 2.69 bits per heavy atom. The number of rotatable bonds is 5. The molecule has 3 aromatic rings. The van der Waals surface area contributed by atoms with Gasteiger partial charge in [0.15, 0.2) is 0 Å². The van der Waals surface area contributed by atoms with E-state index in [-0.39, 0.29) is 35.1 Å². The molecule has 1 aliphatic rings. The summed E-state index contributed by atoms with van der Waals surface area (Å²) in [5.74, 6) is 0.0479. The van der Waals surface area contributed by atoms with E-state index in [1.165, 1.54) is 10.6 Å². The van der Waals surface area contributed by atoms with Gasteiger partial charge in [-0.05, 0) is 42.8 Å². The van der Waals surface area contributed by atoms with Gasteiger partial charge in [0.05, 0.1) is 17.8 Å². The van der Waals surface area contributed by atoms with Crippen LogP contribution in [0.2, 0.25) is 5.02 Å². The zero-order valence-electron chi connectivity index (χ0n) is 18.1. The molecule has 0 spiro atoms. The minimum atomic E-state index is -0.362. The number of aromatic amines is 1. The number of halogens is 1. The molecule has 0 fully saturated rings. The Morgan fingerprint density at radius 2 is 1.97 bits per heavy atom. The molecule has 1 aliphatic heterocycles. The number of nitrogens with one attached hydrogen (secondary N) is 1. The van der Waals surface area contributed by atoms with Gasteiger partial charge in [-0.2, -0.15) is 0 Å². The van der Waals surface area contributed by atoms with Crippen molar-refractivity contribution in [2.24, 2.45) is 7.05 Å². The number of nitrogens with zero attached hydrogens (tertiary/aromatic N) is 3. The van der Waals surface area contributed by atoms with E-state index in [9.17, 15) is 14.4 Å². The third-order valence-electron chi connectivity index (χ3n) is 5.89. The minimum absolute atomic E-state index is 0.0800. The highest BCUT2D eigenvalue weighted by molar-refractivity contribution is 6.30. The summed E-state index contributed by atoms with van der Waals surface area (Å²) in [5.41, 5.74) is 1.48. The van der Waals surface area contributed by atoms with Crippen molar-refractivity contribution >= 4 is 17.5 Å². The summed E-state index contributed by atoms with van der Waals surface area (Å²) >= 11 is 5.99. The summed E-state index contributed by atoms with van der Waals surface area (Å²) in [7, 11) is 1.61. The lowest BCUT2D eigenvalue weighted by Gasteiger charge is -2.33. The first-order valence-electron chi connectivity index (χ1n) is 10.7. The second kappa shape index (κ2) is 9.12. The van der Waals surface area contributed by atoms with Crippen molar-refractivity contribution in [3.8, 4) is 11.4 Å². The number of hydrogen-bond donors (Lipinski definition) is 1. The molecule has 3 heterocycles. The topological polar surface area (TPSA) is 88.1 Å². The van der Waals surface area contributed by atoms with E-state index < -0.39 is 0 Å². The molecule has 0 radical (unpaired) electrons. The monoisotopic (exact) mass is 452 g/mol. The largest absolute Gasteiger partial charge is 0.333 e. The van der Waals surface area contributed by atoms with Crippen molar-refractivity contribution in [3.63, 3.8) is 0 Å². The van der Waals surface area contributed by atoms with Crippen molar-refractivity contribution < 1.29 is 4.79 Å².